The van der Waals surface area contributed by atoms with Gasteiger partial charge >= 0.3 is 0 Å². The normalized spacial score (nSPS) is 11.2. The van der Waals surface area contributed by atoms with Gasteiger partial charge in [0.15, 0.2) is 0 Å². The van der Waals surface area contributed by atoms with Crippen LogP contribution in [0.15, 0.2) is 83.9 Å². The molecule has 1 amide bonds. The van der Waals surface area contributed by atoms with E-state index in [9.17, 15) is 14.7 Å². The van der Waals surface area contributed by atoms with E-state index in [0.29, 0.717) is 74.4 Å². The molecule has 3 heterocycles. The molecular formula is C37H34ClN7O3. The maximum absolute atomic E-state index is 14.4. The van der Waals surface area contributed by atoms with Gasteiger partial charge in [-0.2, -0.15) is 5.10 Å². The van der Waals surface area contributed by atoms with Crippen LogP contribution in [0.5, 0.6) is 5.75 Å². The Labute approximate surface area is 282 Å². The number of carbonyl (C=O) groups excluding carboxylic acids is 1. The van der Waals surface area contributed by atoms with E-state index >= 15 is 0 Å². The molecule has 0 aliphatic heterocycles. The highest BCUT2D eigenvalue weighted by Gasteiger charge is 2.20. The van der Waals surface area contributed by atoms with Crippen molar-refractivity contribution in [3.05, 3.63) is 111 Å². The van der Waals surface area contributed by atoms with Gasteiger partial charge in [0, 0.05) is 35.0 Å². The lowest BCUT2D eigenvalue weighted by Gasteiger charge is -2.15. The van der Waals surface area contributed by atoms with Crippen molar-refractivity contribution in [2.24, 2.45) is 0 Å². The van der Waals surface area contributed by atoms with Gasteiger partial charge in [0.2, 0.25) is 5.91 Å². The molecule has 3 aromatic heterocycles. The molecule has 0 aliphatic rings. The van der Waals surface area contributed by atoms with E-state index in [4.69, 9.17) is 27.4 Å². The van der Waals surface area contributed by atoms with Gasteiger partial charge in [-0.25, -0.2) is 4.98 Å². The predicted molar refractivity (Wildman–Crippen MR) is 189 cm³/mol. The molecule has 0 radical (unpaired) electrons. The van der Waals surface area contributed by atoms with Crippen LogP contribution in [0.25, 0.3) is 33.1 Å². The number of fused-ring (bicyclic) bond motifs is 2. The minimum Gasteiger partial charge on any atom is -0.508 e. The number of carbonyl (C=O) groups is 1. The fraction of sp³-hybridized carbons (Fsp3) is 0.216. The Kier molecular flexibility index (Phi) is 9.41. The summed E-state index contributed by atoms with van der Waals surface area (Å²) < 4.78 is 3.32. The zero-order valence-corrected chi connectivity index (χ0v) is 27.3. The molecule has 0 aliphatic carbocycles. The molecule has 0 bridgehead atoms. The molecule has 242 valence electrons. The Hall–Kier alpha value is -5.66. The van der Waals surface area contributed by atoms with Crippen molar-refractivity contribution in [1.29, 1.82) is 0 Å². The van der Waals surface area contributed by atoms with Crippen molar-refractivity contribution in [1.82, 2.24) is 29.6 Å². The van der Waals surface area contributed by atoms with E-state index in [0.717, 1.165) is 5.56 Å². The molecule has 6 aromatic rings. The lowest BCUT2D eigenvalue weighted by atomic mass is 10.1. The first-order valence-corrected chi connectivity index (χ1v) is 16.0. The van der Waals surface area contributed by atoms with Crippen molar-refractivity contribution in [3.63, 3.8) is 0 Å². The number of anilines is 1. The topological polar surface area (TPSA) is 141 Å². The molecule has 3 aromatic carbocycles. The summed E-state index contributed by atoms with van der Waals surface area (Å²) in [4.78, 5) is 35.7. The van der Waals surface area contributed by atoms with Crippen LogP contribution in [0.4, 0.5) is 5.69 Å². The standard InChI is InChI=1S/C37H34ClN7O3/c1-23(2)41-33(47)17-5-3-4-10-24-12-9-16-30-34(24)37(48)44(21-26-11-6-7-15-28(26)38)32(42-30)22-45-31-20-40-19-29(39)35(31)36(43-45)25-13-8-14-27(46)18-25/h6-9,11-16,18-20,23,46H,3,5,17,21-22,39H2,1-2H3,(H,41,47). The van der Waals surface area contributed by atoms with Crippen LogP contribution in [0, 0.1) is 11.8 Å². The van der Waals surface area contributed by atoms with Gasteiger partial charge in [0.05, 0.1) is 53.0 Å². The molecule has 11 heteroatoms. The first-order chi connectivity index (χ1) is 23.2. The van der Waals surface area contributed by atoms with Crippen LogP contribution in [0.2, 0.25) is 5.02 Å². The Morgan fingerprint density at radius 1 is 1.04 bits per heavy atom. The average Bonchev–Trinajstić information content (AvgIpc) is 3.42. The molecule has 0 unspecified atom stereocenters. The van der Waals surface area contributed by atoms with Crippen LogP contribution in [0.1, 0.15) is 50.1 Å². The van der Waals surface area contributed by atoms with Crippen LogP contribution in [0.3, 0.4) is 0 Å². The number of amides is 1. The quantitative estimate of drug-likeness (QED) is 0.130. The van der Waals surface area contributed by atoms with E-state index in [1.54, 1.807) is 58.0 Å². The number of hydrogen-bond acceptors (Lipinski definition) is 7. The van der Waals surface area contributed by atoms with Crippen molar-refractivity contribution in [2.45, 2.75) is 52.2 Å². The highest BCUT2D eigenvalue weighted by molar-refractivity contribution is 6.31. The van der Waals surface area contributed by atoms with Crippen LogP contribution in [-0.2, 0) is 17.9 Å². The highest BCUT2D eigenvalue weighted by atomic mass is 35.5. The Morgan fingerprint density at radius 3 is 2.65 bits per heavy atom. The SMILES string of the molecule is CC(C)NC(=O)CCCC#Cc1cccc2nc(Cn3nc(-c4cccc(O)c4)c4c(N)cncc43)n(Cc3ccccc3Cl)c(=O)c12. The first-order valence-electron chi connectivity index (χ1n) is 15.6. The molecule has 0 spiro atoms. The van der Waals surface area contributed by atoms with Crippen molar-refractivity contribution in [3.8, 4) is 28.8 Å². The summed E-state index contributed by atoms with van der Waals surface area (Å²) in [6, 6.07) is 19.7. The van der Waals surface area contributed by atoms with E-state index < -0.39 is 0 Å². The second-order valence-corrected chi connectivity index (χ2v) is 12.2. The molecule has 10 nitrogen and oxygen atoms in total. The molecule has 0 saturated heterocycles. The lowest BCUT2D eigenvalue weighted by Crippen LogP contribution is -2.29. The summed E-state index contributed by atoms with van der Waals surface area (Å²) in [5.41, 5.74) is 10.3. The number of hydrogen-bond donors (Lipinski definition) is 3. The summed E-state index contributed by atoms with van der Waals surface area (Å²) in [5, 5.41) is 19.6. The summed E-state index contributed by atoms with van der Waals surface area (Å²) in [5.74, 6) is 6.82. The fourth-order valence-corrected chi connectivity index (χ4v) is 5.83. The largest absolute Gasteiger partial charge is 0.508 e. The molecule has 4 N–H and O–H groups in total. The highest BCUT2D eigenvalue weighted by Crippen LogP contribution is 2.33. The second kappa shape index (κ2) is 14.0. The average molecular weight is 660 g/mol. The maximum atomic E-state index is 14.4. The van der Waals surface area contributed by atoms with Gasteiger partial charge in [0.1, 0.15) is 17.3 Å². The van der Waals surface area contributed by atoms with Gasteiger partial charge in [-0.3, -0.25) is 23.8 Å². The summed E-state index contributed by atoms with van der Waals surface area (Å²) >= 11 is 6.57. The molecule has 0 saturated carbocycles. The maximum Gasteiger partial charge on any atom is 0.263 e. The van der Waals surface area contributed by atoms with Crippen LogP contribution in [-0.4, -0.2) is 41.4 Å². The number of benzene rings is 3. The minimum atomic E-state index is -0.265. The third kappa shape index (κ3) is 6.87. The predicted octanol–water partition coefficient (Wildman–Crippen LogP) is 5.89. The summed E-state index contributed by atoms with van der Waals surface area (Å²) in [6.45, 7) is 4.14. The van der Waals surface area contributed by atoms with E-state index in [-0.39, 0.29) is 36.3 Å². The third-order valence-corrected chi connectivity index (χ3v) is 8.20. The van der Waals surface area contributed by atoms with Gasteiger partial charge in [-0.05, 0) is 56.2 Å². The van der Waals surface area contributed by atoms with E-state index in [1.807, 2.05) is 44.2 Å². The number of aromatic nitrogens is 5. The lowest BCUT2D eigenvalue weighted by molar-refractivity contribution is -0.121. The first kappa shape index (κ1) is 32.3. The number of unbranched alkanes of at least 4 members (excludes halogenated alkanes) is 1. The van der Waals surface area contributed by atoms with E-state index in [1.165, 1.54) is 0 Å². The summed E-state index contributed by atoms with van der Waals surface area (Å²) in [6.07, 6.45) is 4.73. The molecular weight excluding hydrogens is 626 g/mol. The van der Waals surface area contributed by atoms with E-state index in [2.05, 4.69) is 22.1 Å². The van der Waals surface area contributed by atoms with Gasteiger partial charge in [-0.1, -0.05) is 59.8 Å². The molecule has 48 heavy (non-hydrogen) atoms. The number of rotatable bonds is 9. The minimum absolute atomic E-state index is 0.00591. The zero-order chi connectivity index (χ0) is 33.8. The Balaban J connectivity index is 1.44. The van der Waals surface area contributed by atoms with Gasteiger partial charge in [-0.15, -0.1) is 0 Å². The third-order valence-electron chi connectivity index (χ3n) is 7.83. The number of phenolic OH excluding ortho intramolecular Hbond substituents is 1. The van der Waals surface area contributed by atoms with Gasteiger partial charge in [0.25, 0.3) is 5.56 Å². The number of nitrogens with two attached hydrogens (primary N) is 1. The van der Waals surface area contributed by atoms with Crippen LogP contribution < -0.4 is 16.6 Å². The summed E-state index contributed by atoms with van der Waals surface area (Å²) in [7, 11) is 0. The molecule has 0 fully saturated rings. The van der Waals surface area contributed by atoms with Crippen molar-refractivity contribution >= 4 is 45.0 Å². The smallest absolute Gasteiger partial charge is 0.263 e. The number of nitrogens with one attached hydrogen (secondary N) is 1. The molecule has 6 rings (SSSR count). The van der Waals surface area contributed by atoms with Crippen molar-refractivity contribution in [2.75, 3.05) is 5.73 Å². The van der Waals surface area contributed by atoms with Gasteiger partial charge < -0.3 is 16.2 Å². The van der Waals surface area contributed by atoms with Crippen LogP contribution >= 0.6 is 11.6 Å². The Morgan fingerprint density at radius 2 is 1.85 bits per heavy atom. The van der Waals surface area contributed by atoms with Crippen molar-refractivity contribution < 1.29 is 9.90 Å². The number of nitrogen functional groups attached to an aromatic ring is 1. The number of nitrogens with zero attached hydrogens (tertiary/aromatic N) is 5. The molecule has 0 atom stereocenters. The number of pyridine rings is 1. The fourth-order valence-electron chi connectivity index (χ4n) is 5.64. The number of aromatic hydroxyl groups is 1. The second-order valence-electron chi connectivity index (χ2n) is 11.8. The number of phenols is 1. The Bertz CT molecular complexity index is 2280. The monoisotopic (exact) mass is 659 g/mol. The number of halogens is 1. The zero-order valence-electron chi connectivity index (χ0n) is 26.6.